The number of nitrogens with two attached hydrogens (primary N) is 1. The first-order valence-corrected chi connectivity index (χ1v) is 6.19. The smallest absolute Gasteiger partial charge is 0.0497 e. The first-order valence-electron chi connectivity index (χ1n) is 5.82. The summed E-state index contributed by atoms with van der Waals surface area (Å²) in [5.74, 6) is 0. The molecule has 0 fully saturated rings. The molecule has 0 spiro atoms. The number of nitrogens with zero attached hydrogens (tertiary/aromatic N) is 1. The summed E-state index contributed by atoms with van der Waals surface area (Å²) in [4.78, 5) is 0. The highest BCUT2D eigenvalue weighted by atomic mass is 35.5. The van der Waals surface area contributed by atoms with Gasteiger partial charge in [-0.3, -0.25) is 0 Å². The van der Waals surface area contributed by atoms with Crippen LogP contribution in [0.2, 0.25) is 5.02 Å². The zero-order chi connectivity index (χ0) is 12.5. The molecule has 2 N–H and O–H groups in total. The largest absolute Gasteiger partial charge is 0.398 e. The number of rotatable bonds is 2. The van der Waals surface area contributed by atoms with Gasteiger partial charge in [0.25, 0.3) is 0 Å². The molecular weight excluding hydrogens is 244 g/mol. The zero-order valence-corrected chi connectivity index (χ0v) is 10.6. The van der Waals surface area contributed by atoms with Crippen molar-refractivity contribution in [3.63, 3.8) is 0 Å². The van der Waals surface area contributed by atoms with E-state index in [0.29, 0.717) is 0 Å². The van der Waals surface area contributed by atoms with E-state index in [1.807, 2.05) is 30.3 Å². The number of nitrogen functional groups attached to an aromatic ring is 1. The molecule has 3 aromatic rings. The summed E-state index contributed by atoms with van der Waals surface area (Å²) >= 11 is 6.01. The van der Waals surface area contributed by atoms with Crippen LogP contribution in [0.25, 0.3) is 10.9 Å². The van der Waals surface area contributed by atoms with Crippen LogP contribution in [-0.4, -0.2) is 4.57 Å². The SMILES string of the molecule is Nc1ccc(Cl)cc1Cn1ccc2ccccc21. The minimum Gasteiger partial charge on any atom is -0.398 e. The molecule has 2 nitrogen and oxygen atoms in total. The van der Waals surface area contributed by atoms with Crippen molar-refractivity contribution in [2.45, 2.75) is 6.54 Å². The molecule has 1 heterocycles. The Bertz CT molecular complexity index is 701. The molecule has 0 bridgehead atoms. The maximum atomic E-state index is 6.01. The molecule has 0 saturated carbocycles. The molecule has 0 radical (unpaired) electrons. The number of fused-ring (bicyclic) bond motifs is 1. The highest BCUT2D eigenvalue weighted by molar-refractivity contribution is 6.30. The van der Waals surface area contributed by atoms with Crippen LogP contribution in [-0.2, 0) is 6.54 Å². The summed E-state index contributed by atoms with van der Waals surface area (Å²) in [6.07, 6.45) is 2.07. The van der Waals surface area contributed by atoms with Crippen molar-refractivity contribution in [2.24, 2.45) is 0 Å². The molecule has 0 atom stereocenters. The number of para-hydroxylation sites is 1. The molecule has 90 valence electrons. The lowest BCUT2D eigenvalue weighted by Gasteiger charge is -2.09. The summed E-state index contributed by atoms with van der Waals surface area (Å²) in [5, 5.41) is 1.95. The van der Waals surface area contributed by atoms with Crippen LogP contribution < -0.4 is 5.73 Å². The molecule has 0 unspecified atom stereocenters. The van der Waals surface area contributed by atoms with Crippen LogP contribution in [0, 0.1) is 0 Å². The van der Waals surface area contributed by atoms with Crippen molar-refractivity contribution in [3.8, 4) is 0 Å². The van der Waals surface area contributed by atoms with Crippen molar-refractivity contribution in [3.05, 3.63) is 65.3 Å². The Morgan fingerprint density at radius 2 is 1.89 bits per heavy atom. The Balaban J connectivity index is 2.04. The van der Waals surface area contributed by atoms with Crippen LogP contribution in [0.4, 0.5) is 5.69 Å². The van der Waals surface area contributed by atoms with E-state index in [1.165, 1.54) is 10.9 Å². The Morgan fingerprint density at radius 3 is 2.78 bits per heavy atom. The van der Waals surface area contributed by atoms with Gasteiger partial charge >= 0.3 is 0 Å². The van der Waals surface area contributed by atoms with Crippen LogP contribution >= 0.6 is 11.6 Å². The zero-order valence-electron chi connectivity index (χ0n) is 9.81. The second kappa shape index (κ2) is 4.39. The number of benzene rings is 2. The molecule has 18 heavy (non-hydrogen) atoms. The van der Waals surface area contributed by atoms with Gasteiger partial charge in [0.1, 0.15) is 0 Å². The summed E-state index contributed by atoms with van der Waals surface area (Å²) < 4.78 is 2.18. The summed E-state index contributed by atoms with van der Waals surface area (Å²) in [6, 6.07) is 16.0. The molecule has 0 aliphatic heterocycles. The van der Waals surface area contributed by atoms with E-state index < -0.39 is 0 Å². The molecule has 0 saturated heterocycles. The van der Waals surface area contributed by atoms with Gasteiger partial charge in [-0.25, -0.2) is 0 Å². The van der Waals surface area contributed by atoms with E-state index in [-0.39, 0.29) is 0 Å². The van der Waals surface area contributed by atoms with Crippen LogP contribution in [0.1, 0.15) is 5.56 Å². The van der Waals surface area contributed by atoms with Gasteiger partial charge in [-0.05, 0) is 41.3 Å². The summed E-state index contributed by atoms with van der Waals surface area (Å²) in [5.41, 5.74) is 9.00. The highest BCUT2D eigenvalue weighted by Gasteiger charge is 2.04. The van der Waals surface area contributed by atoms with Crippen molar-refractivity contribution in [1.82, 2.24) is 4.57 Å². The normalized spacial score (nSPS) is 10.9. The first-order chi connectivity index (χ1) is 8.74. The molecule has 0 aliphatic rings. The lowest BCUT2D eigenvalue weighted by Crippen LogP contribution is -2.01. The molecular formula is C15H13ClN2. The third kappa shape index (κ3) is 1.95. The fraction of sp³-hybridized carbons (Fsp3) is 0.0667. The standard InChI is InChI=1S/C15H13ClN2/c16-13-5-6-14(17)12(9-13)10-18-8-7-11-3-1-2-4-15(11)18/h1-9H,10,17H2. The van der Waals surface area contributed by atoms with Gasteiger partial charge in [-0.1, -0.05) is 29.8 Å². The van der Waals surface area contributed by atoms with E-state index in [2.05, 4.69) is 29.0 Å². The molecule has 2 aromatic carbocycles. The van der Waals surface area contributed by atoms with Crippen molar-refractivity contribution in [2.75, 3.05) is 5.73 Å². The van der Waals surface area contributed by atoms with Crippen LogP contribution in [0.15, 0.2) is 54.7 Å². The van der Waals surface area contributed by atoms with Gasteiger partial charge in [-0.15, -0.1) is 0 Å². The van der Waals surface area contributed by atoms with E-state index in [1.54, 1.807) is 0 Å². The minimum atomic E-state index is 0.718. The van der Waals surface area contributed by atoms with Gasteiger partial charge in [-0.2, -0.15) is 0 Å². The third-order valence-electron chi connectivity index (χ3n) is 3.13. The molecule has 0 aliphatic carbocycles. The Hall–Kier alpha value is -1.93. The first kappa shape index (κ1) is 11.2. The molecule has 0 amide bonds. The van der Waals surface area contributed by atoms with E-state index in [0.717, 1.165) is 22.8 Å². The monoisotopic (exact) mass is 256 g/mol. The van der Waals surface area contributed by atoms with Gasteiger partial charge in [0, 0.05) is 29.0 Å². The van der Waals surface area contributed by atoms with Crippen molar-refractivity contribution in [1.29, 1.82) is 0 Å². The number of aromatic nitrogens is 1. The molecule has 3 rings (SSSR count). The van der Waals surface area contributed by atoms with E-state index >= 15 is 0 Å². The van der Waals surface area contributed by atoms with Gasteiger partial charge < -0.3 is 10.3 Å². The number of anilines is 1. The maximum absolute atomic E-state index is 6.01. The number of halogens is 1. The number of hydrogen-bond donors (Lipinski definition) is 1. The second-order valence-electron chi connectivity index (χ2n) is 4.35. The predicted octanol–water partition coefficient (Wildman–Crippen LogP) is 3.93. The van der Waals surface area contributed by atoms with E-state index in [9.17, 15) is 0 Å². The topological polar surface area (TPSA) is 30.9 Å². The van der Waals surface area contributed by atoms with Crippen molar-refractivity contribution < 1.29 is 0 Å². The lowest BCUT2D eigenvalue weighted by molar-refractivity contribution is 0.839. The second-order valence-corrected chi connectivity index (χ2v) is 4.78. The van der Waals surface area contributed by atoms with Gasteiger partial charge in [0.05, 0.1) is 0 Å². The third-order valence-corrected chi connectivity index (χ3v) is 3.36. The van der Waals surface area contributed by atoms with Crippen molar-refractivity contribution >= 4 is 28.2 Å². The quantitative estimate of drug-likeness (QED) is 0.692. The fourth-order valence-corrected chi connectivity index (χ4v) is 2.37. The number of hydrogen-bond acceptors (Lipinski definition) is 1. The van der Waals surface area contributed by atoms with E-state index in [4.69, 9.17) is 17.3 Å². The fourth-order valence-electron chi connectivity index (χ4n) is 2.17. The Morgan fingerprint density at radius 1 is 1.06 bits per heavy atom. The van der Waals surface area contributed by atoms with Gasteiger partial charge in [0.15, 0.2) is 0 Å². The summed E-state index contributed by atoms with van der Waals surface area (Å²) in [6.45, 7) is 0.736. The molecule has 1 aromatic heterocycles. The highest BCUT2D eigenvalue weighted by Crippen LogP contribution is 2.22. The Labute approximate surface area is 111 Å². The van der Waals surface area contributed by atoms with Crippen LogP contribution in [0.5, 0.6) is 0 Å². The predicted molar refractivity (Wildman–Crippen MR) is 76.9 cm³/mol. The lowest BCUT2D eigenvalue weighted by atomic mass is 10.2. The maximum Gasteiger partial charge on any atom is 0.0497 e. The minimum absolute atomic E-state index is 0.718. The van der Waals surface area contributed by atoms with Gasteiger partial charge in [0.2, 0.25) is 0 Å². The average Bonchev–Trinajstić information content (AvgIpc) is 2.78. The Kier molecular flexibility index (Phi) is 2.73. The molecule has 3 heteroatoms. The average molecular weight is 257 g/mol. The summed E-state index contributed by atoms with van der Waals surface area (Å²) in [7, 11) is 0. The van der Waals surface area contributed by atoms with Crippen LogP contribution in [0.3, 0.4) is 0 Å².